The maximum atomic E-state index is 12.7. The predicted molar refractivity (Wildman–Crippen MR) is 106 cm³/mol. The maximum Gasteiger partial charge on any atom is 0.405 e. The summed E-state index contributed by atoms with van der Waals surface area (Å²) in [6, 6.07) is 18.2. The highest BCUT2D eigenvalue weighted by Gasteiger charge is 2.21. The van der Waals surface area contributed by atoms with Crippen molar-refractivity contribution in [3.63, 3.8) is 0 Å². The standard InChI is InChI=1S/C21H20N2O4S/c24-20(16-27-21(25)19-10-4-5-12-23(19)26)22(15-18-9-6-14-28-18)13-11-17-7-2-1-3-8-17/h1-10,12,14H,11,13,15-16H2. The van der Waals surface area contributed by atoms with Gasteiger partial charge in [0.15, 0.2) is 12.8 Å². The summed E-state index contributed by atoms with van der Waals surface area (Å²) in [5.74, 6) is -1.12. The van der Waals surface area contributed by atoms with Crippen LogP contribution < -0.4 is 4.73 Å². The minimum atomic E-state index is -0.817. The highest BCUT2D eigenvalue weighted by molar-refractivity contribution is 7.09. The molecule has 2 aromatic heterocycles. The smallest absolute Gasteiger partial charge is 0.405 e. The Hall–Kier alpha value is -3.19. The topological polar surface area (TPSA) is 73.6 Å². The average Bonchev–Trinajstić information content (AvgIpc) is 3.23. The number of esters is 1. The Morgan fingerprint density at radius 2 is 1.82 bits per heavy atom. The van der Waals surface area contributed by atoms with Gasteiger partial charge < -0.3 is 14.8 Å². The van der Waals surface area contributed by atoms with E-state index in [2.05, 4.69) is 0 Å². The summed E-state index contributed by atoms with van der Waals surface area (Å²) in [4.78, 5) is 27.5. The van der Waals surface area contributed by atoms with E-state index in [1.807, 2.05) is 47.8 Å². The van der Waals surface area contributed by atoms with Gasteiger partial charge in [-0.2, -0.15) is 4.73 Å². The molecule has 7 heteroatoms. The molecule has 0 spiro atoms. The van der Waals surface area contributed by atoms with Crippen molar-refractivity contribution in [3.8, 4) is 0 Å². The van der Waals surface area contributed by atoms with Crippen molar-refractivity contribution in [3.05, 3.63) is 93.6 Å². The van der Waals surface area contributed by atoms with Crippen LogP contribution in [0.1, 0.15) is 20.9 Å². The van der Waals surface area contributed by atoms with Gasteiger partial charge in [0, 0.05) is 23.6 Å². The van der Waals surface area contributed by atoms with Gasteiger partial charge in [0.1, 0.15) is 0 Å². The molecule has 0 radical (unpaired) electrons. The third-order valence-corrected chi connectivity index (χ3v) is 5.01. The summed E-state index contributed by atoms with van der Waals surface area (Å²) in [6.45, 7) is 0.548. The Labute approximate surface area is 167 Å². The molecule has 0 saturated heterocycles. The summed E-state index contributed by atoms with van der Waals surface area (Å²) in [6.07, 6.45) is 1.91. The van der Waals surface area contributed by atoms with E-state index in [-0.39, 0.29) is 11.6 Å². The van der Waals surface area contributed by atoms with Crippen molar-refractivity contribution in [1.29, 1.82) is 0 Å². The molecule has 0 unspecified atom stereocenters. The first-order chi connectivity index (χ1) is 13.6. The Morgan fingerprint density at radius 1 is 1.04 bits per heavy atom. The van der Waals surface area contributed by atoms with Crippen LogP contribution in [-0.4, -0.2) is 29.9 Å². The summed E-state index contributed by atoms with van der Waals surface area (Å²) in [7, 11) is 0. The number of rotatable bonds is 8. The molecule has 0 bridgehead atoms. The molecule has 28 heavy (non-hydrogen) atoms. The first kappa shape index (κ1) is 19.6. The Bertz CT molecular complexity index is 913. The lowest BCUT2D eigenvalue weighted by atomic mass is 10.1. The van der Waals surface area contributed by atoms with E-state index in [0.29, 0.717) is 24.2 Å². The lowest BCUT2D eigenvalue weighted by molar-refractivity contribution is -0.608. The fourth-order valence-electron chi connectivity index (χ4n) is 2.67. The largest absolute Gasteiger partial charge is 0.618 e. The molecule has 0 atom stereocenters. The number of amides is 1. The zero-order valence-corrected chi connectivity index (χ0v) is 16.0. The molecule has 0 aliphatic rings. The molecule has 144 valence electrons. The summed E-state index contributed by atoms with van der Waals surface area (Å²) >= 11 is 1.57. The lowest BCUT2D eigenvalue weighted by Gasteiger charge is -2.22. The Kier molecular flexibility index (Phi) is 6.75. The average molecular weight is 396 g/mol. The van der Waals surface area contributed by atoms with E-state index in [4.69, 9.17) is 4.74 Å². The number of hydrogen-bond donors (Lipinski definition) is 0. The normalized spacial score (nSPS) is 10.4. The van der Waals surface area contributed by atoms with Gasteiger partial charge in [-0.15, -0.1) is 11.3 Å². The van der Waals surface area contributed by atoms with Gasteiger partial charge in [0.25, 0.3) is 5.91 Å². The number of hydrogen-bond acceptors (Lipinski definition) is 5. The van der Waals surface area contributed by atoms with Crippen LogP contribution in [-0.2, 0) is 22.5 Å². The van der Waals surface area contributed by atoms with E-state index in [1.165, 1.54) is 18.3 Å². The molecule has 0 saturated carbocycles. The molecular weight excluding hydrogens is 376 g/mol. The quantitative estimate of drug-likeness (QED) is 0.333. The number of pyridine rings is 1. The van der Waals surface area contributed by atoms with E-state index >= 15 is 0 Å². The van der Waals surface area contributed by atoms with Crippen molar-refractivity contribution in [2.24, 2.45) is 0 Å². The highest BCUT2D eigenvalue weighted by Crippen LogP contribution is 2.13. The maximum absolute atomic E-state index is 12.7. The van der Waals surface area contributed by atoms with Crippen LogP contribution in [0.5, 0.6) is 0 Å². The van der Waals surface area contributed by atoms with Gasteiger partial charge in [-0.05, 0) is 29.5 Å². The van der Waals surface area contributed by atoms with E-state index in [1.54, 1.807) is 22.3 Å². The fourth-order valence-corrected chi connectivity index (χ4v) is 3.39. The molecule has 0 N–H and O–H groups in total. The second kappa shape index (κ2) is 9.66. The first-order valence-corrected chi connectivity index (χ1v) is 9.71. The third kappa shape index (κ3) is 5.40. The Morgan fingerprint density at radius 3 is 2.54 bits per heavy atom. The second-order valence-corrected chi connectivity index (χ2v) is 7.15. The zero-order valence-electron chi connectivity index (χ0n) is 15.2. The molecule has 1 aromatic carbocycles. The van der Waals surface area contributed by atoms with E-state index < -0.39 is 12.6 Å². The summed E-state index contributed by atoms with van der Waals surface area (Å²) < 4.78 is 5.50. The zero-order chi connectivity index (χ0) is 19.8. The molecule has 0 aliphatic carbocycles. The van der Waals surface area contributed by atoms with Crippen molar-refractivity contribution >= 4 is 23.2 Å². The molecule has 6 nitrogen and oxygen atoms in total. The van der Waals surface area contributed by atoms with Gasteiger partial charge in [-0.3, -0.25) is 4.79 Å². The number of ether oxygens (including phenoxy) is 1. The fraction of sp³-hybridized carbons (Fsp3) is 0.190. The lowest BCUT2D eigenvalue weighted by Crippen LogP contribution is -2.38. The van der Waals surface area contributed by atoms with Crippen molar-refractivity contribution < 1.29 is 19.1 Å². The number of thiophene rings is 1. The molecule has 3 aromatic rings. The van der Waals surface area contributed by atoms with Crippen LogP contribution in [0.25, 0.3) is 0 Å². The second-order valence-electron chi connectivity index (χ2n) is 6.12. The minimum Gasteiger partial charge on any atom is -0.618 e. The number of nitrogens with zero attached hydrogens (tertiary/aromatic N) is 2. The molecule has 1 amide bonds. The van der Waals surface area contributed by atoms with Crippen LogP contribution >= 0.6 is 11.3 Å². The molecule has 3 rings (SSSR count). The molecule has 0 aliphatic heterocycles. The van der Waals surface area contributed by atoms with Crippen molar-refractivity contribution in [2.75, 3.05) is 13.2 Å². The SMILES string of the molecule is O=C(OCC(=O)N(CCc1ccccc1)Cc1cccs1)c1cccc[n+]1[O-]. The monoisotopic (exact) mass is 396 g/mol. The van der Waals surface area contributed by atoms with Crippen LogP contribution in [0.4, 0.5) is 0 Å². The van der Waals surface area contributed by atoms with Gasteiger partial charge in [0.05, 0.1) is 6.54 Å². The first-order valence-electron chi connectivity index (χ1n) is 8.83. The minimum absolute atomic E-state index is 0.149. The van der Waals surface area contributed by atoms with Crippen LogP contribution in [0.3, 0.4) is 0 Å². The third-order valence-electron chi connectivity index (χ3n) is 4.15. The number of carbonyl (C=O) groups excluding carboxylic acids is 2. The van der Waals surface area contributed by atoms with Crippen molar-refractivity contribution in [1.82, 2.24) is 4.90 Å². The number of carbonyl (C=O) groups is 2. The van der Waals surface area contributed by atoms with Crippen molar-refractivity contribution in [2.45, 2.75) is 13.0 Å². The van der Waals surface area contributed by atoms with E-state index in [0.717, 1.165) is 10.4 Å². The number of aromatic nitrogens is 1. The number of benzene rings is 1. The van der Waals surface area contributed by atoms with Crippen LogP contribution in [0.15, 0.2) is 72.2 Å². The molecular formula is C21H20N2O4S. The molecule has 2 heterocycles. The predicted octanol–water partition coefficient (Wildman–Crippen LogP) is 2.81. The van der Waals surface area contributed by atoms with Gasteiger partial charge in [0.2, 0.25) is 0 Å². The van der Waals surface area contributed by atoms with Crippen LogP contribution in [0, 0.1) is 5.21 Å². The van der Waals surface area contributed by atoms with Gasteiger partial charge >= 0.3 is 11.7 Å². The summed E-state index contributed by atoms with van der Waals surface area (Å²) in [5, 5.41) is 13.6. The van der Waals surface area contributed by atoms with Crippen LogP contribution in [0.2, 0.25) is 0 Å². The highest BCUT2D eigenvalue weighted by atomic mass is 32.1. The van der Waals surface area contributed by atoms with Gasteiger partial charge in [-0.25, -0.2) is 4.79 Å². The van der Waals surface area contributed by atoms with E-state index in [9.17, 15) is 14.8 Å². The Balaban J connectivity index is 1.62. The summed E-state index contributed by atoms with van der Waals surface area (Å²) in [5.41, 5.74) is 0.976. The molecule has 0 fully saturated rings. The van der Waals surface area contributed by atoms with Gasteiger partial charge in [-0.1, -0.05) is 36.4 Å².